The number of rotatable bonds is 5. The molecule has 2 amide bonds. The van der Waals surface area contributed by atoms with E-state index < -0.39 is 41.9 Å². The molecular formula is C25H29F4N5O4. The van der Waals surface area contributed by atoms with Crippen molar-refractivity contribution in [3.8, 4) is 17.1 Å². The van der Waals surface area contributed by atoms with Crippen molar-refractivity contribution in [1.82, 2.24) is 25.4 Å². The molecule has 2 saturated carbocycles. The molecule has 5 rings (SSSR count). The van der Waals surface area contributed by atoms with E-state index in [0.717, 1.165) is 19.0 Å². The predicted octanol–water partition coefficient (Wildman–Crippen LogP) is 3.36. The van der Waals surface area contributed by atoms with Gasteiger partial charge >= 0.3 is 6.18 Å². The minimum Gasteiger partial charge on any atom is -0.481 e. The van der Waals surface area contributed by atoms with Gasteiger partial charge in [-0.25, -0.2) is 9.37 Å². The quantitative estimate of drug-likeness (QED) is 0.502. The lowest BCUT2D eigenvalue weighted by Gasteiger charge is -2.41. The topological polar surface area (TPSA) is 120 Å². The summed E-state index contributed by atoms with van der Waals surface area (Å²) in [5, 5.41) is 19.6. The Morgan fingerprint density at radius 2 is 1.89 bits per heavy atom. The van der Waals surface area contributed by atoms with Crippen LogP contribution in [0.4, 0.5) is 17.6 Å². The largest absolute Gasteiger partial charge is 0.481 e. The van der Waals surface area contributed by atoms with Crippen molar-refractivity contribution in [2.45, 2.75) is 74.7 Å². The van der Waals surface area contributed by atoms with Crippen LogP contribution in [0.3, 0.4) is 0 Å². The molecule has 2 aromatic heterocycles. The Labute approximate surface area is 215 Å². The molecule has 2 aromatic rings. The van der Waals surface area contributed by atoms with Gasteiger partial charge in [-0.05, 0) is 57.4 Å². The number of aromatic amines is 1. The zero-order valence-corrected chi connectivity index (χ0v) is 20.8. The number of likely N-dealkylation sites (tertiary alicyclic amines) is 1. The summed E-state index contributed by atoms with van der Waals surface area (Å²) in [4.78, 5) is 31.7. The number of nitrogens with one attached hydrogen (secondary N) is 2. The number of aliphatic hydroxyl groups is 1. The van der Waals surface area contributed by atoms with Crippen molar-refractivity contribution in [2.75, 3.05) is 13.7 Å². The summed E-state index contributed by atoms with van der Waals surface area (Å²) in [5.74, 6) is -1.55. The number of carbonyl (C=O) groups excluding carboxylic acids is 2. The van der Waals surface area contributed by atoms with Crippen LogP contribution in [-0.2, 0) is 4.79 Å². The van der Waals surface area contributed by atoms with Gasteiger partial charge in [-0.3, -0.25) is 14.7 Å². The molecule has 3 N–H and O–H groups in total. The van der Waals surface area contributed by atoms with E-state index in [-0.39, 0.29) is 53.5 Å². The molecule has 0 aromatic carbocycles. The molecule has 1 saturated heterocycles. The monoisotopic (exact) mass is 539 g/mol. The smallest absolute Gasteiger partial charge is 0.417 e. The maximum atomic E-state index is 14.3. The van der Waals surface area contributed by atoms with Crippen molar-refractivity contribution in [3.63, 3.8) is 0 Å². The molecule has 1 aliphatic heterocycles. The number of hydrogen-bond donors (Lipinski definition) is 3. The number of ether oxygens (including phenoxy) is 1. The van der Waals surface area contributed by atoms with Gasteiger partial charge in [0.25, 0.3) is 5.91 Å². The molecule has 9 nitrogen and oxygen atoms in total. The third-order valence-corrected chi connectivity index (χ3v) is 8.15. The zero-order chi connectivity index (χ0) is 27.3. The Morgan fingerprint density at radius 3 is 2.53 bits per heavy atom. The van der Waals surface area contributed by atoms with Gasteiger partial charge in [-0.2, -0.15) is 18.3 Å². The summed E-state index contributed by atoms with van der Waals surface area (Å²) < 4.78 is 58.5. The minimum absolute atomic E-state index is 0.0313. The van der Waals surface area contributed by atoms with Crippen molar-refractivity contribution in [2.24, 2.45) is 5.92 Å². The molecule has 3 fully saturated rings. The standard InChI is InChI=1S/C25H29F4N5O4/c1-38-20-10-16(17(26)13-30-20)18-11-19(33-32-18)22(36)34-9-4-15(12-23(34)7-8-23)31-21(35)14-2-5-24(37,6-3-14)25(27,28)29/h10-11,13-15,37H,2-9,12H2,1H3,(H,31,35)(H,32,33)/t14?,15-,24?/m1/s1. The fourth-order valence-corrected chi connectivity index (χ4v) is 5.65. The Morgan fingerprint density at radius 1 is 1.18 bits per heavy atom. The van der Waals surface area contributed by atoms with E-state index in [0.29, 0.717) is 19.4 Å². The van der Waals surface area contributed by atoms with Crippen LogP contribution in [0.25, 0.3) is 11.3 Å². The van der Waals surface area contributed by atoms with E-state index >= 15 is 0 Å². The summed E-state index contributed by atoms with van der Waals surface area (Å²) in [6.07, 6.45) is -2.16. The van der Waals surface area contributed by atoms with Gasteiger partial charge in [-0.15, -0.1) is 0 Å². The number of carbonyl (C=O) groups is 2. The first-order valence-electron chi connectivity index (χ1n) is 12.6. The highest BCUT2D eigenvalue weighted by Crippen LogP contribution is 2.49. The fraction of sp³-hybridized carbons (Fsp3) is 0.600. The van der Waals surface area contributed by atoms with Gasteiger partial charge < -0.3 is 20.1 Å². The van der Waals surface area contributed by atoms with E-state index in [1.165, 1.54) is 19.2 Å². The number of amides is 2. The Kier molecular flexibility index (Phi) is 6.60. The zero-order valence-electron chi connectivity index (χ0n) is 20.8. The number of halogens is 4. The van der Waals surface area contributed by atoms with E-state index in [1.54, 1.807) is 4.90 Å². The highest BCUT2D eigenvalue weighted by Gasteiger charge is 2.56. The highest BCUT2D eigenvalue weighted by atomic mass is 19.4. The Bertz CT molecular complexity index is 1220. The second-order valence-electron chi connectivity index (χ2n) is 10.6. The predicted molar refractivity (Wildman–Crippen MR) is 125 cm³/mol. The van der Waals surface area contributed by atoms with Gasteiger partial charge in [0.2, 0.25) is 11.8 Å². The Balaban J connectivity index is 1.20. The number of alkyl halides is 3. The molecule has 206 valence electrons. The number of H-pyrrole nitrogens is 1. The van der Waals surface area contributed by atoms with Crippen LogP contribution in [0.15, 0.2) is 18.3 Å². The van der Waals surface area contributed by atoms with Crippen LogP contribution in [0.5, 0.6) is 5.88 Å². The van der Waals surface area contributed by atoms with Gasteiger partial charge in [0.15, 0.2) is 11.4 Å². The van der Waals surface area contributed by atoms with Crippen LogP contribution in [0.2, 0.25) is 0 Å². The number of pyridine rings is 1. The molecule has 1 spiro atoms. The van der Waals surface area contributed by atoms with E-state index in [2.05, 4.69) is 20.5 Å². The highest BCUT2D eigenvalue weighted by molar-refractivity contribution is 5.94. The summed E-state index contributed by atoms with van der Waals surface area (Å²) in [7, 11) is 1.41. The van der Waals surface area contributed by atoms with Crippen molar-refractivity contribution in [3.05, 3.63) is 29.8 Å². The minimum atomic E-state index is -4.71. The average molecular weight is 540 g/mol. The second-order valence-corrected chi connectivity index (χ2v) is 10.6. The first-order valence-corrected chi connectivity index (χ1v) is 12.6. The lowest BCUT2D eigenvalue weighted by Crippen LogP contribution is -2.55. The molecule has 13 heteroatoms. The molecule has 3 heterocycles. The van der Waals surface area contributed by atoms with Crippen molar-refractivity contribution < 1.29 is 37.0 Å². The number of nitrogens with zero attached hydrogens (tertiary/aromatic N) is 3. The number of aromatic nitrogens is 3. The molecule has 2 aliphatic carbocycles. The number of hydrogen-bond acceptors (Lipinski definition) is 6. The van der Waals surface area contributed by atoms with Crippen molar-refractivity contribution >= 4 is 11.8 Å². The first kappa shape index (κ1) is 26.4. The van der Waals surface area contributed by atoms with Crippen LogP contribution in [0.1, 0.15) is 61.9 Å². The summed E-state index contributed by atoms with van der Waals surface area (Å²) in [6, 6.07) is 2.68. The fourth-order valence-electron chi connectivity index (χ4n) is 5.65. The van der Waals surface area contributed by atoms with Gasteiger partial charge in [-0.1, -0.05) is 0 Å². The molecule has 0 radical (unpaired) electrons. The number of piperidine rings is 1. The molecule has 38 heavy (non-hydrogen) atoms. The molecule has 1 atom stereocenters. The van der Waals surface area contributed by atoms with Crippen LogP contribution >= 0.6 is 0 Å². The summed E-state index contributed by atoms with van der Waals surface area (Å²) in [6.45, 7) is 0.383. The third kappa shape index (κ3) is 4.83. The van der Waals surface area contributed by atoms with Gasteiger partial charge in [0.05, 0.1) is 19.0 Å². The third-order valence-electron chi connectivity index (χ3n) is 8.15. The van der Waals surface area contributed by atoms with E-state index in [1.807, 2.05) is 0 Å². The molecule has 3 aliphatic rings. The average Bonchev–Trinajstić information content (AvgIpc) is 3.45. The lowest BCUT2D eigenvalue weighted by molar-refractivity contribution is -0.271. The molecule has 0 bridgehead atoms. The SMILES string of the molecule is COc1cc(-c2cc(C(=O)N3CC[C@@H](NC(=O)C4CCC(O)(C(F)(F)F)CC4)CC34CC4)[nH]n2)c(F)cn1. The van der Waals surface area contributed by atoms with Gasteiger partial charge in [0.1, 0.15) is 5.69 Å². The van der Waals surface area contributed by atoms with Crippen LogP contribution in [-0.4, -0.2) is 74.0 Å². The Hall–Kier alpha value is -3.22. The molecular weight excluding hydrogens is 510 g/mol. The maximum absolute atomic E-state index is 14.3. The summed E-state index contributed by atoms with van der Waals surface area (Å²) >= 11 is 0. The van der Waals surface area contributed by atoms with Crippen LogP contribution in [0, 0.1) is 11.7 Å². The van der Waals surface area contributed by atoms with Gasteiger partial charge in [0, 0.05) is 35.7 Å². The molecule has 0 unspecified atom stereocenters. The van der Waals surface area contributed by atoms with Crippen LogP contribution < -0.4 is 10.1 Å². The van der Waals surface area contributed by atoms with Crippen molar-refractivity contribution in [1.29, 1.82) is 0 Å². The number of methoxy groups -OCH3 is 1. The van der Waals surface area contributed by atoms with E-state index in [4.69, 9.17) is 4.74 Å². The normalized spacial score (nSPS) is 26.7. The second kappa shape index (κ2) is 9.51. The maximum Gasteiger partial charge on any atom is 0.417 e. The first-order chi connectivity index (χ1) is 17.9. The summed E-state index contributed by atoms with van der Waals surface area (Å²) in [5.41, 5.74) is -2.54. The van der Waals surface area contributed by atoms with E-state index in [9.17, 15) is 32.3 Å². The lowest BCUT2D eigenvalue weighted by atomic mass is 9.78.